The summed E-state index contributed by atoms with van der Waals surface area (Å²) in [6.07, 6.45) is 0.994. The van der Waals surface area contributed by atoms with Crippen LogP contribution in [-0.4, -0.2) is 28.1 Å². The van der Waals surface area contributed by atoms with E-state index in [9.17, 15) is 5.11 Å². The van der Waals surface area contributed by atoms with Gasteiger partial charge in [-0.2, -0.15) is 5.10 Å². The first kappa shape index (κ1) is 11.1. The van der Waals surface area contributed by atoms with Gasteiger partial charge in [0, 0.05) is 18.8 Å². The fraction of sp³-hybridized carbons (Fsp3) is 0.308. The summed E-state index contributed by atoms with van der Waals surface area (Å²) in [5, 5.41) is 14.6. The molecule has 0 spiro atoms. The fourth-order valence-electron chi connectivity index (χ4n) is 2.05. The third-order valence-corrected chi connectivity index (χ3v) is 2.91. The van der Waals surface area contributed by atoms with Gasteiger partial charge in [-0.3, -0.25) is 4.68 Å². The number of aliphatic hydroxyl groups is 1. The number of ether oxygens (including phenoxy) is 2. The van der Waals surface area contributed by atoms with Crippen molar-refractivity contribution in [3.8, 4) is 11.5 Å². The highest BCUT2D eigenvalue weighted by molar-refractivity contribution is 5.50. The number of hydrogen-bond acceptors (Lipinski definition) is 4. The second-order valence-electron chi connectivity index (χ2n) is 4.19. The van der Waals surface area contributed by atoms with E-state index in [4.69, 9.17) is 9.47 Å². The molecule has 0 bridgehead atoms. The van der Waals surface area contributed by atoms with Crippen molar-refractivity contribution in [3.05, 3.63) is 41.7 Å². The number of aromatic nitrogens is 2. The quantitative estimate of drug-likeness (QED) is 0.867. The van der Waals surface area contributed by atoms with Crippen LogP contribution in [0.1, 0.15) is 17.4 Å². The summed E-state index contributed by atoms with van der Waals surface area (Å²) in [6.45, 7) is 1.04. The van der Waals surface area contributed by atoms with Gasteiger partial charge in [0.15, 0.2) is 11.5 Å². The van der Waals surface area contributed by atoms with Crippen molar-refractivity contribution in [1.29, 1.82) is 0 Å². The SMILES string of the molecule is Cn1ccc(C(O)c2cccc3c2OCCO3)n1. The first-order valence-corrected chi connectivity index (χ1v) is 5.82. The van der Waals surface area contributed by atoms with Crippen molar-refractivity contribution in [3.63, 3.8) is 0 Å². The van der Waals surface area contributed by atoms with Crippen LogP contribution in [0.5, 0.6) is 11.5 Å². The topological polar surface area (TPSA) is 56.5 Å². The molecule has 0 aliphatic carbocycles. The standard InChI is InChI=1S/C13H14N2O3/c1-15-6-5-10(14-15)12(16)9-3-2-4-11-13(9)18-8-7-17-11/h2-6,12,16H,7-8H2,1H3. The Labute approximate surface area is 105 Å². The number of aryl methyl sites for hydroxylation is 1. The Hall–Kier alpha value is -2.01. The van der Waals surface area contributed by atoms with Crippen LogP contribution in [0.25, 0.3) is 0 Å². The molecule has 1 aromatic heterocycles. The molecule has 3 rings (SSSR count). The molecule has 2 heterocycles. The average Bonchev–Trinajstić information content (AvgIpc) is 2.84. The van der Waals surface area contributed by atoms with Gasteiger partial charge < -0.3 is 14.6 Å². The van der Waals surface area contributed by atoms with Gasteiger partial charge >= 0.3 is 0 Å². The summed E-state index contributed by atoms with van der Waals surface area (Å²) < 4.78 is 12.7. The summed E-state index contributed by atoms with van der Waals surface area (Å²) in [6, 6.07) is 7.29. The number of nitrogens with zero attached hydrogens (tertiary/aromatic N) is 2. The van der Waals surface area contributed by atoms with Gasteiger partial charge in [0.25, 0.3) is 0 Å². The highest BCUT2D eigenvalue weighted by atomic mass is 16.6. The molecule has 0 saturated carbocycles. The Morgan fingerprint density at radius 3 is 2.89 bits per heavy atom. The molecule has 1 N–H and O–H groups in total. The summed E-state index contributed by atoms with van der Waals surface area (Å²) in [5.41, 5.74) is 1.28. The maximum atomic E-state index is 10.3. The first-order chi connectivity index (χ1) is 8.75. The zero-order valence-corrected chi connectivity index (χ0v) is 10.0. The fourth-order valence-corrected chi connectivity index (χ4v) is 2.05. The minimum absolute atomic E-state index is 0.499. The van der Waals surface area contributed by atoms with Crippen molar-refractivity contribution in [1.82, 2.24) is 9.78 Å². The molecule has 5 nitrogen and oxygen atoms in total. The third kappa shape index (κ3) is 1.82. The number of para-hydroxylation sites is 1. The molecule has 1 aliphatic rings. The minimum atomic E-state index is -0.803. The lowest BCUT2D eigenvalue weighted by Gasteiger charge is -2.22. The minimum Gasteiger partial charge on any atom is -0.486 e. The Morgan fingerprint density at radius 2 is 2.11 bits per heavy atom. The zero-order valence-electron chi connectivity index (χ0n) is 10.0. The second kappa shape index (κ2) is 4.34. The van der Waals surface area contributed by atoms with Gasteiger partial charge in [-0.25, -0.2) is 0 Å². The van der Waals surface area contributed by atoms with Crippen molar-refractivity contribution < 1.29 is 14.6 Å². The molecule has 18 heavy (non-hydrogen) atoms. The van der Waals surface area contributed by atoms with Gasteiger partial charge in [0.05, 0.1) is 5.69 Å². The summed E-state index contributed by atoms with van der Waals surface area (Å²) >= 11 is 0. The smallest absolute Gasteiger partial charge is 0.167 e. The largest absolute Gasteiger partial charge is 0.486 e. The van der Waals surface area contributed by atoms with Crippen LogP contribution in [0.15, 0.2) is 30.5 Å². The third-order valence-electron chi connectivity index (χ3n) is 2.91. The molecule has 1 unspecified atom stereocenters. The normalized spacial score (nSPS) is 15.4. The zero-order chi connectivity index (χ0) is 12.5. The molecule has 0 amide bonds. The Bertz CT molecular complexity index is 565. The highest BCUT2D eigenvalue weighted by Crippen LogP contribution is 2.38. The van der Waals surface area contributed by atoms with E-state index in [1.807, 2.05) is 25.2 Å². The first-order valence-electron chi connectivity index (χ1n) is 5.82. The number of aliphatic hydroxyl groups excluding tert-OH is 1. The summed E-state index contributed by atoms with van der Waals surface area (Å²) in [5.74, 6) is 1.29. The molecular weight excluding hydrogens is 232 g/mol. The summed E-state index contributed by atoms with van der Waals surface area (Å²) in [7, 11) is 1.82. The monoisotopic (exact) mass is 246 g/mol. The lowest BCUT2D eigenvalue weighted by atomic mass is 10.0. The van der Waals surface area contributed by atoms with Gasteiger partial charge in [0.2, 0.25) is 0 Å². The van der Waals surface area contributed by atoms with Crippen LogP contribution in [0, 0.1) is 0 Å². The molecule has 0 radical (unpaired) electrons. The maximum absolute atomic E-state index is 10.3. The van der Waals surface area contributed by atoms with Crippen molar-refractivity contribution in [2.75, 3.05) is 13.2 Å². The van der Waals surface area contributed by atoms with E-state index in [2.05, 4.69) is 5.10 Å². The molecule has 1 aromatic carbocycles. The molecule has 0 fully saturated rings. The van der Waals surface area contributed by atoms with Crippen molar-refractivity contribution in [2.45, 2.75) is 6.10 Å². The summed E-state index contributed by atoms with van der Waals surface area (Å²) in [4.78, 5) is 0. The Morgan fingerprint density at radius 1 is 1.28 bits per heavy atom. The van der Waals surface area contributed by atoms with E-state index in [0.717, 1.165) is 0 Å². The van der Waals surface area contributed by atoms with Crippen molar-refractivity contribution in [2.24, 2.45) is 7.05 Å². The van der Waals surface area contributed by atoms with E-state index in [0.29, 0.717) is 36.0 Å². The number of rotatable bonds is 2. The van der Waals surface area contributed by atoms with E-state index >= 15 is 0 Å². The van der Waals surface area contributed by atoms with Crippen LogP contribution in [0.4, 0.5) is 0 Å². The Kier molecular flexibility index (Phi) is 2.68. The molecule has 2 aromatic rings. The van der Waals surface area contributed by atoms with Gasteiger partial charge in [-0.15, -0.1) is 0 Å². The van der Waals surface area contributed by atoms with Crippen LogP contribution in [0.2, 0.25) is 0 Å². The maximum Gasteiger partial charge on any atom is 0.167 e. The molecule has 1 aliphatic heterocycles. The number of hydrogen-bond donors (Lipinski definition) is 1. The van der Waals surface area contributed by atoms with E-state index in [-0.39, 0.29) is 0 Å². The van der Waals surface area contributed by atoms with Gasteiger partial charge in [-0.05, 0) is 12.1 Å². The lowest BCUT2D eigenvalue weighted by Crippen LogP contribution is -2.17. The van der Waals surface area contributed by atoms with E-state index in [1.54, 1.807) is 16.9 Å². The van der Waals surface area contributed by atoms with Crippen LogP contribution in [0.3, 0.4) is 0 Å². The highest BCUT2D eigenvalue weighted by Gasteiger charge is 2.22. The Balaban J connectivity index is 2.01. The average molecular weight is 246 g/mol. The van der Waals surface area contributed by atoms with Crippen molar-refractivity contribution >= 4 is 0 Å². The second-order valence-corrected chi connectivity index (χ2v) is 4.19. The van der Waals surface area contributed by atoms with Crippen LogP contribution >= 0.6 is 0 Å². The van der Waals surface area contributed by atoms with Crippen LogP contribution in [-0.2, 0) is 7.05 Å². The van der Waals surface area contributed by atoms with Gasteiger partial charge in [-0.1, -0.05) is 12.1 Å². The molecular formula is C13H14N2O3. The van der Waals surface area contributed by atoms with E-state index in [1.165, 1.54) is 0 Å². The molecule has 94 valence electrons. The molecule has 1 atom stereocenters. The lowest BCUT2D eigenvalue weighted by molar-refractivity contribution is 0.157. The van der Waals surface area contributed by atoms with E-state index < -0.39 is 6.10 Å². The predicted molar refractivity (Wildman–Crippen MR) is 64.7 cm³/mol. The predicted octanol–water partition coefficient (Wildman–Crippen LogP) is 1.27. The van der Waals surface area contributed by atoms with Crippen LogP contribution < -0.4 is 9.47 Å². The molecule has 0 saturated heterocycles. The number of fused-ring (bicyclic) bond motifs is 1. The van der Waals surface area contributed by atoms with Gasteiger partial charge in [0.1, 0.15) is 19.3 Å². The number of benzene rings is 1. The molecule has 5 heteroatoms.